The third kappa shape index (κ3) is 3.29. The second kappa shape index (κ2) is 7.89. The number of ketones is 1. The number of fused-ring (bicyclic) bond motifs is 2. The van der Waals surface area contributed by atoms with Gasteiger partial charge in [-0.25, -0.2) is 0 Å². The molecule has 0 atom stereocenters. The fourth-order valence-corrected chi connectivity index (χ4v) is 3.87. The summed E-state index contributed by atoms with van der Waals surface area (Å²) in [6.07, 6.45) is 5.46. The summed E-state index contributed by atoms with van der Waals surface area (Å²) in [6, 6.07) is 19.9. The first-order valence-electron chi connectivity index (χ1n) is 9.92. The molecule has 0 saturated carbocycles. The highest BCUT2D eigenvalue weighted by Crippen LogP contribution is 2.30. The Balaban J connectivity index is 1.84. The fraction of sp³-hybridized carbons (Fsp3) is 0.240. The lowest BCUT2D eigenvalue weighted by Crippen LogP contribution is -2.02. The third-order valence-electron chi connectivity index (χ3n) is 5.37. The Hall–Kier alpha value is -3.07. The molecule has 4 rings (SSSR count). The van der Waals surface area contributed by atoms with E-state index in [2.05, 4.69) is 11.5 Å². The van der Waals surface area contributed by atoms with Gasteiger partial charge in [-0.2, -0.15) is 0 Å². The average molecular weight is 371 g/mol. The van der Waals surface area contributed by atoms with Crippen LogP contribution < -0.4 is 4.74 Å². The molecular weight excluding hydrogens is 346 g/mol. The Labute approximate surface area is 165 Å². The average Bonchev–Trinajstić information content (AvgIpc) is 3.11. The van der Waals surface area contributed by atoms with Crippen molar-refractivity contribution in [3.63, 3.8) is 0 Å². The van der Waals surface area contributed by atoms with Crippen LogP contribution in [0.1, 0.15) is 42.1 Å². The molecule has 0 amide bonds. The summed E-state index contributed by atoms with van der Waals surface area (Å²) >= 11 is 0. The van der Waals surface area contributed by atoms with Crippen molar-refractivity contribution in [1.29, 1.82) is 0 Å². The zero-order valence-electron chi connectivity index (χ0n) is 16.4. The fourth-order valence-electron chi connectivity index (χ4n) is 3.87. The molecule has 0 aliphatic carbocycles. The molecular formula is C25H25NO2. The Kier molecular flexibility index (Phi) is 5.16. The molecule has 0 saturated heterocycles. The smallest absolute Gasteiger partial charge is 0.195 e. The predicted molar refractivity (Wildman–Crippen MR) is 115 cm³/mol. The van der Waals surface area contributed by atoms with E-state index in [1.807, 2.05) is 66.9 Å². The summed E-state index contributed by atoms with van der Waals surface area (Å²) in [6.45, 7) is 3.10. The zero-order valence-corrected chi connectivity index (χ0v) is 16.4. The third-order valence-corrected chi connectivity index (χ3v) is 5.37. The Morgan fingerprint density at radius 1 is 0.929 bits per heavy atom. The van der Waals surface area contributed by atoms with Gasteiger partial charge in [0.25, 0.3) is 0 Å². The lowest BCUT2D eigenvalue weighted by Gasteiger charge is -2.06. The van der Waals surface area contributed by atoms with Gasteiger partial charge in [-0.3, -0.25) is 4.79 Å². The Morgan fingerprint density at radius 3 is 2.57 bits per heavy atom. The summed E-state index contributed by atoms with van der Waals surface area (Å²) in [5, 5.41) is 3.06. The number of hydrogen-bond acceptors (Lipinski definition) is 2. The van der Waals surface area contributed by atoms with Crippen LogP contribution in [-0.2, 0) is 6.54 Å². The molecule has 0 N–H and O–H groups in total. The minimum atomic E-state index is 0.0706. The number of hydrogen-bond donors (Lipinski definition) is 0. The number of nitrogens with zero attached hydrogens (tertiary/aromatic N) is 1. The number of methoxy groups -OCH3 is 1. The zero-order chi connectivity index (χ0) is 19.5. The van der Waals surface area contributed by atoms with Gasteiger partial charge in [0.2, 0.25) is 0 Å². The van der Waals surface area contributed by atoms with E-state index in [0.717, 1.165) is 51.5 Å². The van der Waals surface area contributed by atoms with Crippen molar-refractivity contribution in [2.45, 2.75) is 32.7 Å². The molecule has 142 valence electrons. The lowest BCUT2D eigenvalue weighted by molar-refractivity contribution is 0.104. The van der Waals surface area contributed by atoms with E-state index in [9.17, 15) is 4.79 Å². The van der Waals surface area contributed by atoms with Crippen LogP contribution in [0.5, 0.6) is 5.75 Å². The highest BCUT2D eigenvalue weighted by molar-refractivity contribution is 6.21. The quantitative estimate of drug-likeness (QED) is 0.285. The largest absolute Gasteiger partial charge is 0.497 e. The number of benzene rings is 3. The molecule has 0 bridgehead atoms. The number of rotatable bonds is 7. The minimum absolute atomic E-state index is 0.0706. The number of carbonyl (C=O) groups is 1. The predicted octanol–water partition coefficient (Wildman–Crippen LogP) is 6.22. The van der Waals surface area contributed by atoms with E-state index in [-0.39, 0.29) is 5.78 Å². The van der Waals surface area contributed by atoms with Crippen LogP contribution in [0.15, 0.2) is 66.9 Å². The van der Waals surface area contributed by atoms with Gasteiger partial charge >= 0.3 is 0 Å². The molecule has 0 unspecified atom stereocenters. The van der Waals surface area contributed by atoms with Gasteiger partial charge in [-0.1, -0.05) is 62.2 Å². The van der Waals surface area contributed by atoms with Crippen LogP contribution in [0.25, 0.3) is 21.7 Å². The molecule has 3 heteroatoms. The van der Waals surface area contributed by atoms with Crippen LogP contribution in [0.4, 0.5) is 0 Å². The van der Waals surface area contributed by atoms with E-state index in [1.54, 1.807) is 7.11 Å². The van der Waals surface area contributed by atoms with E-state index in [4.69, 9.17) is 4.74 Å². The Bertz CT molecular complexity index is 1130. The van der Waals surface area contributed by atoms with E-state index < -0.39 is 0 Å². The molecule has 3 aromatic carbocycles. The number of aryl methyl sites for hydroxylation is 1. The summed E-state index contributed by atoms with van der Waals surface area (Å²) in [4.78, 5) is 13.5. The highest BCUT2D eigenvalue weighted by Gasteiger charge is 2.19. The number of unbranched alkanes of at least 4 members (excludes halogenated alkanes) is 2. The van der Waals surface area contributed by atoms with E-state index in [1.165, 1.54) is 12.8 Å². The van der Waals surface area contributed by atoms with Gasteiger partial charge in [0.1, 0.15) is 5.75 Å². The van der Waals surface area contributed by atoms with Crippen molar-refractivity contribution in [3.05, 3.63) is 78.0 Å². The van der Waals surface area contributed by atoms with Crippen molar-refractivity contribution in [1.82, 2.24) is 4.57 Å². The summed E-state index contributed by atoms with van der Waals surface area (Å²) in [5.74, 6) is 0.882. The van der Waals surface area contributed by atoms with Crippen molar-refractivity contribution in [2.75, 3.05) is 7.11 Å². The maximum absolute atomic E-state index is 13.5. The second-order valence-corrected chi connectivity index (χ2v) is 7.18. The van der Waals surface area contributed by atoms with Gasteiger partial charge in [0, 0.05) is 35.3 Å². The van der Waals surface area contributed by atoms with Crippen molar-refractivity contribution in [2.24, 2.45) is 0 Å². The first kappa shape index (κ1) is 18.3. The SMILES string of the molecule is CCCCCn1cc(C(=O)c2cccc3ccccc23)c2ccc(OC)cc21. The van der Waals surface area contributed by atoms with E-state index >= 15 is 0 Å². The van der Waals surface area contributed by atoms with Crippen LogP contribution >= 0.6 is 0 Å². The van der Waals surface area contributed by atoms with E-state index in [0.29, 0.717) is 0 Å². The summed E-state index contributed by atoms with van der Waals surface area (Å²) in [5.41, 5.74) is 2.56. The first-order valence-corrected chi connectivity index (χ1v) is 9.92. The minimum Gasteiger partial charge on any atom is -0.497 e. The number of ether oxygens (including phenoxy) is 1. The number of carbonyl (C=O) groups excluding carboxylic acids is 1. The normalized spacial score (nSPS) is 11.2. The molecule has 1 heterocycles. The number of aromatic nitrogens is 1. The van der Waals surface area contributed by atoms with Crippen LogP contribution in [0.3, 0.4) is 0 Å². The molecule has 0 spiro atoms. The second-order valence-electron chi connectivity index (χ2n) is 7.18. The molecule has 0 radical (unpaired) electrons. The monoisotopic (exact) mass is 371 g/mol. The molecule has 0 fully saturated rings. The van der Waals surface area contributed by atoms with Gasteiger partial charge in [-0.15, -0.1) is 0 Å². The van der Waals surface area contributed by atoms with Crippen molar-refractivity contribution < 1.29 is 9.53 Å². The molecule has 0 aliphatic heterocycles. The van der Waals surface area contributed by atoms with Crippen LogP contribution in [-0.4, -0.2) is 17.5 Å². The summed E-state index contributed by atoms with van der Waals surface area (Å²) in [7, 11) is 1.67. The van der Waals surface area contributed by atoms with Gasteiger partial charge in [0.05, 0.1) is 12.6 Å². The maximum Gasteiger partial charge on any atom is 0.195 e. The topological polar surface area (TPSA) is 31.2 Å². The van der Waals surface area contributed by atoms with Gasteiger partial charge in [0.15, 0.2) is 5.78 Å². The summed E-state index contributed by atoms with van der Waals surface area (Å²) < 4.78 is 7.62. The first-order chi connectivity index (χ1) is 13.7. The molecule has 3 nitrogen and oxygen atoms in total. The van der Waals surface area contributed by atoms with Gasteiger partial charge in [-0.05, 0) is 29.3 Å². The lowest BCUT2D eigenvalue weighted by atomic mass is 9.97. The molecule has 1 aromatic heterocycles. The molecule has 0 aliphatic rings. The van der Waals surface area contributed by atoms with Crippen LogP contribution in [0, 0.1) is 0 Å². The highest BCUT2D eigenvalue weighted by atomic mass is 16.5. The Morgan fingerprint density at radius 2 is 1.75 bits per heavy atom. The van der Waals surface area contributed by atoms with Crippen molar-refractivity contribution >= 4 is 27.5 Å². The maximum atomic E-state index is 13.5. The van der Waals surface area contributed by atoms with Crippen LogP contribution in [0.2, 0.25) is 0 Å². The molecule has 4 aromatic rings. The molecule has 28 heavy (non-hydrogen) atoms. The van der Waals surface area contributed by atoms with Crippen molar-refractivity contribution in [3.8, 4) is 5.75 Å². The van der Waals surface area contributed by atoms with Gasteiger partial charge < -0.3 is 9.30 Å². The standard InChI is InChI=1S/C25H25NO2/c1-3-4-7-15-26-17-23(21-14-13-19(28-2)16-24(21)26)25(27)22-12-8-10-18-9-5-6-11-20(18)22/h5-6,8-14,16-17H,3-4,7,15H2,1-2H3.